The summed E-state index contributed by atoms with van der Waals surface area (Å²) in [6.45, 7) is 3.46. The molecule has 1 aliphatic heterocycles. The van der Waals surface area contributed by atoms with Crippen molar-refractivity contribution in [2.24, 2.45) is 5.92 Å². The van der Waals surface area contributed by atoms with Crippen molar-refractivity contribution in [3.63, 3.8) is 0 Å². The summed E-state index contributed by atoms with van der Waals surface area (Å²) >= 11 is 0. The molecule has 3 aromatic rings. The molecule has 1 fully saturated rings. The second-order valence-electron chi connectivity index (χ2n) is 6.49. The first kappa shape index (κ1) is 15.3. The number of benzene rings is 2. The number of rotatable bonds is 5. The molecule has 0 N–H and O–H groups in total. The summed E-state index contributed by atoms with van der Waals surface area (Å²) in [5.41, 5.74) is 2.45. The van der Waals surface area contributed by atoms with Gasteiger partial charge in [-0.25, -0.2) is 0 Å². The second kappa shape index (κ2) is 7.10. The fourth-order valence-electron chi connectivity index (χ4n) is 3.42. The van der Waals surface area contributed by atoms with E-state index in [0.29, 0.717) is 12.5 Å². The van der Waals surface area contributed by atoms with Crippen LogP contribution in [0.25, 0.3) is 10.9 Å². The highest BCUT2D eigenvalue weighted by Gasteiger charge is 2.15. The maximum Gasteiger partial charge on any atom is 0.129 e. The van der Waals surface area contributed by atoms with Crippen LogP contribution in [0.5, 0.6) is 5.75 Å². The Kier molecular flexibility index (Phi) is 4.52. The molecule has 0 saturated carbocycles. The molecule has 124 valence electrons. The van der Waals surface area contributed by atoms with Crippen LogP contribution in [0.2, 0.25) is 0 Å². The van der Waals surface area contributed by atoms with Gasteiger partial charge < -0.3 is 14.0 Å². The summed E-state index contributed by atoms with van der Waals surface area (Å²) < 4.78 is 13.9. The first-order chi connectivity index (χ1) is 11.9. The first-order valence-electron chi connectivity index (χ1n) is 8.72. The van der Waals surface area contributed by atoms with Gasteiger partial charge in [-0.3, -0.25) is 0 Å². The van der Waals surface area contributed by atoms with Crippen LogP contribution in [-0.4, -0.2) is 17.8 Å². The molecule has 0 amide bonds. The van der Waals surface area contributed by atoms with Crippen molar-refractivity contribution in [3.8, 4) is 5.75 Å². The molecule has 2 heterocycles. The molecular formula is C21H23NO2. The van der Waals surface area contributed by atoms with E-state index >= 15 is 0 Å². The number of hydrogen-bond donors (Lipinski definition) is 0. The molecule has 0 aliphatic carbocycles. The zero-order valence-electron chi connectivity index (χ0n) is 13.9. The van der Waals surface area contributed by atoms with Gasteiger partial charge >= 0.3 is 0 Å². The van der Waals surface area contributed by atoms with E-state index in [1.807, 2.05) is 18.2 Å². The SMILES string of the molecule is c1ccc(COc2cccc3c2ccn3CC2CCOCC2)cc1. The van der Waals surface area contributed by atoms with Gasteiger partial charge in [0.25, 0.3) is 0 Å². The molecule has 2 aromatic carbocycles. The van der Waals surface area contributed by atoms with Gasteiger partial charge in [-0.2, -0.15) is 0 Å². The monoisotopic (exact) mass is 321 g/mol. The third-order valence-electron chi connectivity index (χ3n) is 4.81. The van der Waals surface area contributed by atoms with Gasteiger partial charge in [-0.05, 0) is 42.5 Å². The molecule has 0 bridgehead atoms. The van der Waals surface area contributed by atoms with Crippen molar-refractivity contribution in [1.82, 2.24) is 4.57 Å². The molecule has 3 nitrogen and oxygen atoms in total. The van der Waals surface area contributed by atoms with Crippen molar-refractivity contribution < 1.29 is 9.47 Å². The number of nitrogens with zero attached hydrogens (tertiary/aromatic N) is 1. The number of ether oxygens (including phenoxy) is 2. The molecule has 0 radical (unpaired) electrons. The summed E-state index contributed by atoms with van der Waals surface area (Å²) in [4.78, 5) is 0. The zero-order chi connectivity index (χ0) is 16.2. The van der Waals surface area contributed by atoms with E-state index in [1.54, 1.807) is 0 Å². The summed E-state index contributed by atoms with van der Waals surface area (Å²) in [6.07, 6.45) is 4.50. The van der Waals surface area contributed by atoms with Crippen LogP contribution in [0.3, 0.4) is 0 Å². The van der Waals surface area contributed by atoms with Crippen LogP contribution in [0, 0.1) is 5.92 Å². The van der Waals surface area contributed by atoms with E-state index in [1.165, 1.54) is 16.5 Å². The molecule has 1 aromatic heterocycles. The Balaban J connectivity index is 1.52. The Bertz CT molecular complexity index is 788. The summed E-state index contributed by atoms with van der Waals surface area (Å²) in [6, 6.07) is 18.8. The largest absolute Gasteiger partial charge is 0.488 e. The van der Waals surface area contributed by atoms with Gasteiger partial charge in [0.15, 0.2) is 0 Å². The Morgan fingerprint density at radius 2 is 1.79 bits per heavy atom. The third-order valence-corrected chi connectivity index (χ3v) is 4.81. The molecule has 0 atom stereocenters. The van der Waals surface area contributed by atoms with E-state index in [4.69, 9.17) is 9.47 Å². The van der Waals surface area contributed by atoms with Gasteiger partial charge in [0, 0.05) is 31.3 Å². The van der Waals surface area contributed by atoms with Crippen LogP contribution in [0.4, 0.5) is 0 Å². The van der Waals surface area contributed by atoms with Crippen molar-refractivity contribution in [2.75, 3.05) is 13.2 Å². The molecule has 0 unspecified atom stereocenters. The maximum atomic E-state index is 6.08. The van der Waals surface area contributed by atoms with E-state index < -0.39 is 0 Å². The Morgan fingerprint density at radius 1 is 0.958 bits per heavy atom. The van der Waals surface area contributed by atoms with E-state index in [-0.39, 0.29) is 0 Å². The fourth-order valence-corrected chi connectivity index (χ4v) is 3.42. The Labute approximate surface area is 142 Å². The molecule has 3 heteroatoms. The lowest BCUT2D eigenvalue weighted by atomic mass is 10.0. The molecule has 1 aliphatic rings. The average molecular weight is 321 g/mol. The van der Waals surface area contributed by atoms with E-state index in [9.17, 15) is 0 Å². The fraction of sp³-hybridized carbons (Fsp3) is 0.333. The molecule has 4 rings (SSSR count). The number of fused-ring (bicyclic) bond motifs is 1. The van der Waals surface area contributed by atoms with Crippen LogP contribution in [0.15, 0.2) is 60.8 Å². The zero-order valence-corrected chi connectivity index (χ0v) is 13.9. The maximum absolute atomic E-state index is 6.08. The minimum Gasteiger partial charge on any atom is -0.488 e. The van der Waals surface area contributed by atoms with Crippen LogP contribution < -0.4 is 4.74 Å². The standard InChI is InChI=1S/C21H23NO2/c1-2-5-18(6-3-1)16-24-21-8-4-7-20-19(21)9-12-22(20)15-17-10-13-23-14-11-17/h1-9,12,17H,10-11,13-16H2. The van der Waals surface area contributed by atoms with Crippen molar-refractivity contribution in [1.29, 1.82) is 0 Å². The second-order valence-corrected chi connectivity index (χ2v) is 6.49. The Morgan fingerprint density at radius 3 is 2.62 bits per heavy atom. The van der Waals surface area contributed by atoms with Crippen LogP contribution >= 0.6 is 0 Å². The van der Waals surface area contributed by atoms with E-state index in [0.717, 1.165) is 38.3 Å². The van der Waals surface area contributed by atoms with Crippen molar-refractivity contribution >= 4 is 10.9 Å². The van der Waals surface area contributed by atoms with Gasteiger partial charge in [0.1, 0.15) is 12.4 Å². The van der Waals surface area contributed by atoms with Crippen LogP contribution in [-0.2, 0) is 17.9 Å². The summed E-state index contributed by atoms with van der Waals surface area (Å²) in [7, 11) is 0. The minimum atomic E-state index is 0.602. The van der Waals surface area contributed by atoms with Gasteiger partial charge in [0.05, 0.1) is 5.52 Å². The van der Waals surface area contributed by atoms with Gasteiger partial charge in [-0.1, -0.05) is 36.4 Å². The lowest BCUT2D eigenvalue weighted by Gasteiger charge is -2.22. The summed E-state index contributed by atoms with van der Waals surface area (Å²) in [5, 5.41) is 1.19. The molecule has 1 saturated heterocycles. The van der Waals surface area contributed by atoms with Crippen molar-refractivity contribution in [3.05, 3.63) is 66.4 Å². The predicted molar refractivity (Wildman–Crippen MR) is 96.3 cm³/mol. The van der Waals surface area contributed by atoms with E-state index in [2.05, 4.69) is 47.2 Å². The highest BCUT2D eigenvalue weighted by atomic mass is 16.5. The molecule has 0 spiro atoms. The molecular weight excluding hydrogens is 298 g/mol. The van der Waals surface area contributed by atoms with Crippen LogP contribution in [0.1, 0.15) is 18.4 Å². The predicted octanol–water partition coefficient (Wildman–Crippen LogP) is 4.65. The average Bonchev–Trinajstić information content (AvgIpc) is 3.05. The smallest absolute Gasteiger partial charge is 0.129 e. The molecule has 24 heavy (non-hydrogen) atoms. The highest BCUT2D eigenvalue weighted by molar-refractivity contribution is 5.86. The minimum absolute atomic E-state index is 0.602. The summed E-state index contributed by atoms with van der Waals surface area (Å²) in [5.74, 6) is 1.67. The lowest BCUT2D eigenvalue weighted by molar-refractivity contribution is 0.0616. The lowest BCUT2D eigenvalue weighted by Crippen LogP contribution is -2.20. The third kappa shape index (κ3) is 3.31. The normalized spacial score (nSPS) is 15.7. The quantitative estimate of drug-likeness (QED) is 0.683. The Hall–Kier alpha value is -2.26. The van der Waals surface area contributed by atoms with Gasteiger partial charge in [0.2, 0.25) is 0 Å². The first-order valence-corrected chi connectivity index (χ1v) is 8.72. The number of aromatic nitrogens is 1. The topological polar surface area (TPSA) is 23.4 Å². The van der Waals surface area contributed by atoms with Crippen molar-refractivity contribution in [2.45, 2.75) is 26.0 Å². The van der Waals surface area contributed by atoms with Gasteiger partial charge in [-0.15, -0.1) is 0 Å². The highest BCUT2D eigenvalue weighted by Crippen LogP contribution is 2.29. The number of hydrogen-bond acceptors (Lipinski definition) is 2.